The Hall–Kier alpha value is -2.17. The Labute approximate surface area is 105 Å². The standard InChI is InChI=1S/C13H15N3O2/c1-8-5-6-11(7-9(8)2)16-10(3)12(14-15-16)13(17)18-4/h5-7H,1-4H3. The molecule has 5 nitrogen and oxygen atoms in total. The van der Waals surface area contributed by atoms with Gasteiger partial charge in [0.05, 0.1) is 18.5 Å². The lowest BCUT2D eigenvalue weighted by atomic mass is 10.1. The molecule has 94 valence electrons. The van der Waals surface area contributed by atoms with Crippen LogP contribution in [0.4, 0.5) is 0 Å². The third kappa shape index (κ3) is 1.99. The molecule has 0 fully saturated rings. The van der Waals surface area contributed by atoms with E-state index in [0.717, 1.165) is 5.69 Å². The van der Waals surface area contributed by atoms with Crippen LogP contribution in [0, 0.1) is 20.8 Å². The maximum atomic E-state index is 11.5. The number of rotatable bonds is 2. The number of hydrogen-bond acceptors (Lipinski definition) is 4. The fraction of sp³-hybridized carbons (Fsp3) is 0.308. The van der Waals surface area contributed by atoms with Gasteiger partial charge in [0.2, 0.25) is 0 Å². The minimum atomic E-state index is -0.470. The molecule has 0 spiro atoms. The first-order valence-corrected chi connectivity index (χ1v) is 5.63. The van der Waals surface area contributed by atoms with Gasteiger partial charge >= 0.3 is 5.97 Å². The molecule has 0 atom stereocenters. The number of aryl methyl sites for hydroxylation is 2. The first kappa shape index (κ1) is 12.3. The number of esters is 1. The quantitative estimate of drug-likeness (QED) is 0.759. The largest absolute Gasteiger partial charge is 0.464 e. The van der Waals surface area contributed by atoms with Crippen molar-refractivity contribution in [3.63, 3.8) is 0 Å². The molecule has 0 unspecified atom stereocenters. The molecule has 5 heteroatoms. The zero-order valence-corrected chi connectivity index (χ0v) is 10.9. The molecule has 1 aromatic heterocycles. The van der Waals surface area contributed by atoms with Crippen LogP contribution in [0.15, 0.2) is 18.2 Å². The van der Waals surface area contributed by atoms with Gasteiger partial charge < -0.3 is 4.74 Å². The van der Waals surface area contributed by atoms with Crippen LogP contribution in [0.5, 0.6) is 0 Å². The fourth-order valence-corrected chi connectivity index (χ4v) is 1.72. The zero-order chi connectivity index (χ0) is 13.3. The Balaban J connectivity index is 2.48. The summed E-state index contributed by atoms with van der Waals surface area (Å²) in [5.41, 5.74) is 4.19. The Morgan fingerprint density at radius 1 is 1.22 bits per heavy atom. The third-order valence-electron chi connectivity index (χ3n) is 3.01. The molecule has 0 amide bonds. The van der Waals surface area contributed by atoms with E-state index in [1.807, 2.05) is 32.0 Å². The van der Waals surface area contributed by atoms with Gasteiger partial charge in [0.15, 0.2) is 5.69 Å². The first-order valence-electron chi connectivity index (χ1n) is 5.63. The van der Waals surface area contributed by atoms with Gasteiger partial charge in [0.25, 0.3) is 0 Å². The Morgan fingerprint density at radius 3 is 2.56 bits per heavy atom. The van der Waals surface area contributed by atoms with Crippen molar-refractivity contribution < 1.29 is 9.53 Å². The normalized spacial score (nSPS) is 10.4. The number of aromatic nitrogens is 3. The molecule has 0 bridgehead atoms. The lowest BCUT2D eigenvalue weighted by molar-refractivity contribution is 0.0593. The van der Waals surface area contributed by atoms with Gasteiger partial charge in [0, 0.05) is 0 Å². The van der Waals surface area contributed by atoms with Crippen LogP contribution in [-0.2, 0) is 4.74 Å². The smallest absolute Gasteiger partial charge is 0.360 e. The lowest BCUT2D eigenvalue weighted by Crippen LogP contribution is -2.05. The summed E-state index contributed by atoms with van der Waals surface area (Å²) in [6.07, 6.45) is 0. The second-order valence-corrected chi connectivity index (χ2v) is 4.20. The van der Waals surface area contributed by atoms with E-state index in [9.17, 15) is 4.79 Å². The van der Waals surface area contributed by atoms with Crippen LogP contribution in [0.3, 0.4) is 0 Å². The number of nitrogens with zero attached hydrogens (tertiary/aromatic N) is 3. The van der Waals surface area contributed by atoms with E-state index < -0.39 is 5.97 Å². The van der Waals surface area contributed by atoms with Crippen LogP contribution >= 0.6 is 0 Å². The maximum Gasteiger partial charge on any atom is 0.360 e. The maximum absolute atomic E-state index is 11.5. The van der Waals surface area contributed by atoms with Gasteiger partial charge in [-0.15, -0.1) is 5.10 Å². The van der Waals surface area contributed by atoms with Crippen molar-refractivity contribution in [2.75, 3.05) is 7.11 Å². The summed E-state index contributed by atoms with van der Waals surface area (Å²) in [7, 11) is 1.33. The van der Waals surface area contributed by atoms with E-state index in [2.05, 4.69) is 15.0 Å². The highest BCUT2D eigenvalue weighted by Crippen LogP contribution is 2.16. The van der Waals surface area contributed by atoms with Crippen molar-refractivity contribution in [1.82, 2.24) is 15.0 Å². The SMILES string of the molecule is COC(=O)c1nnn(-c2ccc(C)c(C)c2)c1C. The van der Waals surface area contributed by atoms with Crippen molar-refractivity contribution in [1.29, 1.82) is 0 Å². The van der Waals surface area contributed by atoms with E-state index in [1.165, 1.54) is 18.2 Å². The molecule has 0 aliphatic carbocycles. The first-order chi connectivity index (χ1) is 8.54. The summed E-state index contributed by atoms with van der Waals surface area (Å²) in [6.45, 7) is 5.88. The number of benzene rings is 1. The Morgan fingerprint density at radius 2 is 1.94 bits per heavy atom. The predicted molar refractivity (Wildman–Crippen MR) is 66.9 cm³/mol. The molecule has 18 heavy (non-hydrogen) atoms. The van der Waals surface area contributed by atoms with Gasteiger partial charge in [-0.1, -0.05) is 11.3 Å². The van der Waals surface area contributed by atoms with Crippen molar-refractivity contribution in [3.05, 3.63) is 40.7 Å². The third-order valence-corrected chi connectivity index (χ3v) is 3.01. The molecule has 0 saturated carbocycles. The predicted octanol–water partition coefficient (Wildman–Crippen LogP) is 1.98. The molecule has 2 aromatic rings. The molecular formula is C13H15N3O2. The minimum Gasteiger partial charge on any atom is -0.464 e. The van der Waals surface area contributed by atoms with Crippen molar-refractivity contribution in [3.8, 4) is 5.69 Å². The molecule has 1 aromatic carbocycles. The van der Waals surface area contributed by atoms with Crippen molar-refractivity contribution in [2.45, 2.75) is 20.8 Å². The van der Waals surface area contributed by atoms with E-state index in [4.69, 9.17) is 0 Å². The van der Waals surface area contributed by atoms with E-state index in [0.29, 0.717) is 5.69 Å². The second kappa shape index (κ2) is 4.60. The van der Waals surface area contributed by atoms with Gasteiger partial charge in [-0.05, 0) is 44.0 Å². The van der Waals surface area contributed by atoms with Gasteiger partial charge in [-0.3, -0.25) is 0 Å². The highest BCUT2D eigenvalue weighted by molar-refractivity contribution is 5.88. The molecule has 0 saturated heterocycles. The topological polar surface area (TPSA) is 57.0 Å². The average Bonchev–Trinajstić information content (AvgIpc) is 2.74. The molecule has 0 radical (unpaired) electrons. The van der Waals surface area contributed by atoms with E-state index >= 15 is 0 Å². The summed E-state index contributed by atoms with van der Waals surface area (Å²) < 4.78 is 6.29. The molecule has 1 heterocycles. The van der Waals surface area contributed by atoms with Crippen LogP contribution in [0.2, 0.25) is 0 Å². The monoisotopic (exact) mass is 245 g/mol. The zero-order valence-electron chi connectivity index (χ0n) is 10.9. The molecular weight excluding hydrogens is 230 g/mol. The summed E-state index contributed by atoms with van der Waals surface area (Å²) >= 11 is 0. The van der Waals surface area contributed by atoms with Gasteiger partial charge in [-0.2, -0.15) is 0 Å². The summed E-state index contributed by atoms with van der Waals surface area (Å²) in [4.78, 5) is 11.5. The number of carbonyl (C=O) groups is 1. The molecule has 0 N–H and O–H groups in total. The highest BCUT2D eigenvalue weighted by atomic mass is 16.5. The number of methoxy groups -OCH3 is 1. The van der Waals surface area contributed by atoms with Crippen LogP contribution in [0.1, 0.15) is 27.3 Å². The molecule has 0 aliphatic heterocycles. The average molecular weight is 245 g/mol. The second-order valence-electron chi connectivity index (χ2n) is 4.20. The van der Waals surface area contributed by atoms with Crippen LogP contribution in [0.25, 0.3) is 5.69 Å². The van der Waals surface area contributed by atoms with E-state index in [-0.39, 0.29) is 5.69 Å². The lowest BCUT2D eigenvalue weighted by Gasteiger charge is -2.06. The minimum absolute atomic E-state index is 0.246. The molecule has 2 rings (SSSR count). The summed E-state index contributed by atoms with van der Waals surface area (Å²) in [6, 6.07) is 5.98. The fourth-order valence-electron chi connectivity index (χ4n) is 1.72. The van der Waals surface area contributed by atoms with Crippen LogP contribution < -0.4 is 0 Å². The summed E-state index contributed by atoms with van der Waals surface area (Å²) in [5.74, 6) is -0.470. The van der Waals surface area contributed by atoms with Crippen molar-refractivity contribution >= 4 is 5.97 Å². The molecule has 0 aliphatic rings. The number of ether oxygens (including phenoxy) is 1. The van der Waals surface area contributed by atoms with Gasteiger partial charge in [0.1, 0.15) is 0 Å². The number of carbonyl (C=O) groups excluding carboxylic acids is 1. The highest BCUT2D eigenvalue weighted by Gasteiger charge is 2.17. The number of hydrogen-bond donors (Lipinski definition) is 0. The van der Waals surface area contributed by atoms with Crippen molar-refractivity contribution in [2.24, 2.45) is 0 Å². The van der Waals surface area contributed by atoms with E-state index in [1.54, 1.807) is 11.6 Å². The van der Waals surface area contributed by atoms with Gasteiger partial charge in [-0.25, -0.2) is 9.48 Å². The Kier molecular flexibility index (Phi) is 3.14. The van der Waals surface area contributed by atoms with Crippen LogP contribution in [-0.4, -0.2) is 28.1 Å². The Bertz CT molecular complexity index is 602. The summed E-state index contributed by atoms with van der Waals surface area (Å²) in [5, 5.41) is 7.84.